The maximum absolute atomic E-state index is 12.3. The summed E-state index contributed by atoms with van der Waals surface area (Å²) in [5, 5.41) is 2.29. The highest BCUT2D eigenvalue weighted by atomic mass is 16.5. The van der Waals surface area contributed by atoms with Crippen LogP contribution in [-0.2, 0) is 20.9 Å². The van der Waals surface area contributed by atoms with Gasteiger partial charge in [0.1, 0.15) is 6.04 Å². The molecule has 1 saturated carbocycles. The summed E-state index contributed by atoms with van der Waals surface area (Å²) in [6, 6.07) is 5.53. The molecule has 7 nitrogen and oxygen atoms in total. The van der Waals surface area contributed by atoms with Crippen LogP contribution in [0.4, 0.5) is 0 Å². The lowest BCUT2D eigenvalue weighted by Gasteiger charge is -2.29. The molecule has 0 spiro atoms. The molecule has 2 heterocycles. The highest BCUT2D eigenvalue weighted by Crippen LogP contribution is 2.27. The fourth-order valence-corrected chi connectivity index (χ4v) is 4.10. The molecule has 0 bridgehead atoms. The Bertz CT molecular complexity index is 764. The Kier molecular flexibility index (Phi) is 6.46. The van der Waals surface area contributed by atoms with E-state index in [-0.39, 0.29) is 24.1 Å². The first-order valence-electron chi connectivity index (χ1n) is 9.91. The van der Waals surface area contributed by atoms with Crippen molar-refractivity contribution >= 4 is 17.7 Å². The SMILES string of the molecule is COC1CCCC(N)C1.Cc1ccc2c(c1)CN(C1CCC(=O)NC1=O)C2=O. The zero-order chi connectivity index (χ0) is 20.3. The number of piperidine rings is 1. The number of nitrogens with two attached hydrogens (primary N) is 1. The van der Waals surface area contributed by atoms with Gasteiger partial charge in [-0.3, -0.25) is 19.7 Å². The van der Waals surface area contributed by atoms with Gasteiger partial charge in [0.05, 0.1) is 6.10 Å². The van der Waals surface area contributed by atoms with Gasteiger partial charge in [-0.25, -0.2) is 0 Å². The monoisotopic (exact) mass is 387 g/mol. The van der Waals surface area contributed by atoms with Crippen LogP contribution in [0.2, 0.25) is 0 Å². The second-order valence-electron chi connectivity index (χ2n) is 7.84. The first-order valence-corrected chi connectivity index (χ1v) is 9.91. The minimum atomic E-state index is -0.530. The van der Waals surface area contributed by atoms with Crippen molar-refractivity contribution in [1.82, 2.24) is 10.2 Å². The van der Waals surface area contributed by atoms with E-state index in [1.165, 1.54) is 19.3 Å². The number of imide groups is 1. The number of rotatable bonds is 2. The minimum Gasteiger partial charge on any atom is -0.381 e. The fraction of sp³-hybridized carbons (Fsp3) is 0.571. The second-order valence-corrected chi connectivity index (χ2v) is 7.84. The van der Waals surface area contributed by atoms with E-state index in [0.717, 1.165) is 17.5 Å². The van der Waals surface area contributed by atoms with E-state index in [1.807, 2.05) is 19.1 Å². The smallest absolute Gasteiger partial charge is 0.255 e. The number of hydrogen-bond acceptors (Lipinski definition) is 5. The van der Waals surface area contributed by atoms with Crippen molar-refractivity contribution in [2.45, 2.75) is 70.2 Å². The molecule has 4 rings (SSSR count). The van der Waals surface area contributed by atoms with E-state index in [0.29, 0.717) is 30.7 Å². The Morgan fingerprint density at radius 1 is 1.18 bits per heavy atom. The molecule has 7 heteroatoms. The van der Waals surface area contributed by atoms with Gasteiger partial charge in [0.15, 0.2) is 0 Å². The molecule has 1 aromatic carbocycles. The summed E-state index contributed by atoms with van der Waals surface area (Å²) in [5.41, 5.74) is 8.43. The van der Waals surface area contributed by atoms with Crippen molar-refractivity contribution in [1.29, 1.82) is 0 Å². The van der Waals surface area contributed by atoms with Gasteiger partial charge in [-0.05, 0) is 50.7 Å². The largest absolute Gasteiger partial charge is 0.381 e. The molecule has 152 valence electrons. The number of benzene rings is 1. The van der Waals surface area contributed by atoms with Crippen LogP contribution in [0, 0.1) is 6.92 Å². The highest BCUT2D eigenvalue weighted by molar-refractivity contribution is 6.05. The molecular weight excluding hydrogens is 358 g/mol. The number of aryl methyl sites for hydroxylation is 1. The molecular formula is C21H29N3O4. The van der Waals surface area contributed by atoms with E-state index >= 15 is 0 Å². The van der Waals surface area contributed by atoms with Crippen LogP contribution in [0.3, 0.4) is 0 Å². The first kappa shape index (κ1) is 20.5. The molecule has 3 N–H and O–H groups in total. The predicted molar refractivity (Wildman–Crippen MR) is 104 cm³/mol. The minimum absolute atomic E-state index is 0.121. The number of ether oxygens (including phenoxy) is 1. The highest BCUT2D eigenvalue weighted by Gasteiger charge is 2.38. The van der Waals surface area contributed by atoms with E-state index in [9.17, 15) is 14.4 Å². The number of methoxy groups -OCH3 is 1. The average Bonchev–Trinajstić information content (AvgIpc) is 2.98. The van der Waals surface area contributed by atoms with E-state index < -0.39 is 6.04 Å². The third kappa shape index (κ3) is 4.59. The molecule has 2 fully saturated rings. The molecule has 1 aromatic rings. The summed E-state index contributed by atoms with van der Waals surface area (Å²) < 4.78 is 5.18. The molecule has 3 atom stereocenters. The van der Waals surface area contributed by atoms with Gasteiger partial charge in [-0.15, -0.1) is 0 Å². The van der Waals surface area contributed by atoms with Gasteiger partial charge >= 0.3 is 0 Å². The van der Waals surface area contributed by atoms with Gasteiger partial charge in [-0.2, -0.15) is 0 Å². The number of nitrogens with zero attached hydrogens (tertiary/aromatic N) is 1. The topological polar surface area (TPSA) is 102 Å². The van der Waals surface area contributed by atoms with E-state index in [2.05, 4.69) is 5.32 Å². The summed E-state index contributed by atoms with van der Waals surface area (Å²) in [4.78, 5) is 36.8. The number of carbonyl (C=O) groups excluding carboxylic acids is 3. The second kappa shape index (κ2) is 8.84. The summed E-state index contributed by atoms with van der Waals surface area (Å²) in [7, 11) is 1.77. The van der Waals surface area contributed by atoms with Gasteiger partial charge in [-0.1, -0.05) is 17.7 Å². The fourth-order valence-electron chi connectivity index (χ4n) is 4.10. The normalized spacial score (nSPS) is 27.0. The summed E-state index contributed by atoms with van der Waals surface area (Å²) in [5.74, 6) is -0.750. The Morgan fingerprint density at radius 3 is 2.61 bits per heavy atom. The third-order valence-electron chi connectivity index (χ3n) is 5.68. The number of fused-ring (bicyclic) bond motifs is 1. The van der Waals surface area contributed by atoms with Crippen LogP contribution in [0.15, 0.2) is 18.2 Å². The van der Waals surface area contributed by atoms with Gasteiger partial charge < -0.3 is 15.4 Å². The van der Waals surface area contributed by atoms with Crippen LogP contribution in [0.25, 0.3) is 0 Å². The van der Waals surface area contributed by atoms with E-state index in [4.69, 9.17) is 10.5 Å². The predicted octanol–water partition coefficient (Wildman–Crippen LogP) is 1.66. The number of nitrogens with one attached hydrogen (secondary N) is 1. The van der Waals surface area contributed by atoms with Crippen molar-refractivity contribution < 1.29 is 19.1 Å². The van der Waals surface area contributed by atoms with Crippen LogP contribution in [0.5, 0.6) is 0 Å². The molecule has 28 heavy (non-hydrogen) atoms. The van der Waals surface area contributed by atoms with Gasteiger partial charge in [0.2, 0.25) is 11.8 Å². The molecule has 1 saturated heterocycles. The van der Waals surface area contributed by atoms with Crippen molar-refractivity contribution in [3.63, 3.8) is 0 Å². The summed E-state index contributed by atoms with van der Waals surface area (Å²) >= 11 is 0. The number of amides is 3. The van der Waals surface area contributed by atoms with Crippen LogP contribution >= 0.6 is 0 Å². The maximum Gasteiger partial charge on any atom is 0.255 e. The van der Waals surface area contributed by atoms with Crippen LogP contribution in [0.1, 0.15) is 60.0 Å². The molecule has 0 radical (unpaired) electrons. The standard InChI is InChI=1S/C14H14N2O3.C7H15NO/c1-8-2-3-10-9(6-8)7-16(14(10)19)11-4-5-12(17)15-13(11)18;1-9-7-4-2-3-6(8)5-7/h2-3,6,11H,4-5,7H2,1H3,(H,15,17,18);6-7H,2-5,8H2,1H3. The molecule has 3 amide bonds. The molecule has 3 aliphatic rings. The van der Waals surface area contributed by atoms with E-state index in [1.54, 1.807) is 18.1 Å². The van der Waals surface area contributed by atoms with Crippen molar-refractivity contribution in [3.8, 4) is 0 Å². The van der Waals surface area contributed by atoms with Crippen LogP contribution < -0.4 is 11.1 Å². The van der Waals surface area contributed by atoms with Gasteiger partial charge in [0.25, 0.3) is 5.91 Å². The Morgan fingerprint density at radius 2 is 1.96 bits per heavy atom. The summed E-state index contributed by atoms with van der Waals surface area (Å²) in [6.45, 7) is 2.42. The Balaban J connectivity index is 0.000000211. The van der Waals surface area contributed by atoms with Crippen molar-refractivity contribution in [3.05, 3.63) is 34.9 Å². The number of hydrogen-bond donors (Lipinski definition) is 2. The summed E-state index contributed by atoms with van der Waals surface area (Å²) in [6.07, 6.45) is 5.80. The zero-order valence-corrected chi connectivity index (χ0v) is 16.6. The lowest BCUT2D eigenvalue weighted by molar-refractivity contribution is -0.136. The number of carbonyl (C=O) groups is 3. The van der Waals surface area contributed by atoms with Crippen LogP contribution in [-0.4, -0.2) is 47.9 Å². The maximum atomic E-state index is 12.3. The molecule has 3 unspecified atom stereocenters. The first-order chi connectivity index (χ1) is 13.4. The molecule has 1 aliphatic carbocycles. The lowest BCUT2D eigenvalue weighted by Crippen LogP contribution is -2.52. The molecule has 0 aromatic heterocycles. The quantitative estimate of drug-likeness (QED) is 0.752. The zero-order valence-electron chi connectivity index (χ0n) is 16.6. The Labute approximate surface area is 165 Å². The molecule has 2 aliphatic heterocycles. The average molecular weight is 387 g/mol. The van der Waals surface area contributed by atoms with Crippen molar-refractivity contribution in [2.75, 3.05) is 7.11 Å². The third-order valence-corrected chi connectivity index (χ3v) is 5.68. The van der Waals surface area contributed by atoms with Gasteiger partial charge in [0, 0.05) is 31.7 Å². The Hall–Kier alpha value is -2.25. The van der Waals surface area contributed by atoms with Crippen molar-refractivity contribution in [2.24, 2.45) is 5.73 Å². The lowest BCUT2D eigenvalue weighted by atomic mass is 9.94.